The van der Waals surface area contributed by atoms with Crippen molar-refractivity contribution in [2.24, 2.45) is 0 Å². The third kappa shape index (κ3) is 3.23. The van der Waals surface area contributed by atoms with Crippen molar-refractivity contribution in [2.75, 3.05) is 18.5 Å². The molecule has 2 aliphatic rings. The third-order valence-corrected chi connectivity index (χ3v) is 4.63. The summed E-state index contributed by atoms with van der Waals surface area (Å²) in [5, 5.41) is 2.94. The summed E-state index contributed by atoms with van der Waals surface area (Å²) in [6.45, 7) is 1.11. The first-order chi connectivity index (χ1) is 11.8. The SMILES string of the molecule is O=C(CCc1ccc2c(c1)CCC2)Nc1ccc2c(c1)OCCO2. The van der Waals surface area contributed by atoms with Gasteiger partial charge in [0.15, 0.2) is 11.5 Å². The van der Waals surface area contributed by atoms with Crippen LogP contribution in [0.5, 0.6) is 11.5 Å². The summed E-state index contributed by atoms with van der Waals surface area (Å²) in [7, 11) is 0. The number of fused-ring (bicyclic) bond motifs is 2. The van der Waals surface area contributed by atoms with E-state index in [1.807, 2.05) is 18.2 Å². The van der Waals surface area contributed by atoms with Crippen LogP contribution in [0.1, 0.15) is 29.5 Å². The van der Waals surface area contributed by atoms with Crippen LogP contribution in [-0.4, -0.2) is 19.1 Å². The Balaban J connectivity index is 1.35. The van der Waals surface area contributed by atoms with Gasteiger partial charge < -0.3 is 14.8 Å². The van der Waals surface area contributed by atoms with Gasteiger partial charge in [-0.2, -0.15) is 0 Å². The molecule has 0 radical (unpaired) electrons. The lowest BCUT2D eigenvalue weighted by Crippen LogP contribution is -2.16. The van der Waals surface area contributed by atoms with E-state index in [1.165, 1.54) is 36.0 Å². The van der Waals surface area contributed by atoms with Crippen molar-refractivity contribution in [1.82, 2.24) is 0 Å². The molecule has 4 heteroatoms. The molecule has 0 unspecified atom stereocenters. The molecule has 4 rings (SSSR count). The number of rotatable bonds is 4. The van der Waals surface area contributed by atoms with Crippen molar-refractivity contribution in [2.45, 2.75) is 32.1 Å². The molecule has 4 nitrogen and oxygen atoms in total. The van der Waals surface area contributed by atoms with Crippen LogP contribution in [0, 0.1) is 0 Å². The Morgan fingerprint density at radius 2 is 1.79 bits per heavy atom. The molecule has 2 aromatic rings. The highest BCUT2D eigenvalue weighted by Crippen LogP contribution is 2.32. The second-order valence-electron chi connectivity index (χ2n) is 6.36. The van der Waals surface area contributed by atoms with Crippen LogP contribution >= 0.6 is 0 Å². The molecule has 1 amide bonds. The summed E-state index contributed by atoms with van der Waals surface area (Å²) in [6, 6.07) is 12.1. The molecule has 0 bridgehead atoms. The van der Waals surface area contributed by atoms with Crippen LogP contribution in [0.15, 0.2) is 36.4 Å². The Bertz CT molecular complexity index is 769. The fraction of sp³-hybridized carbons (Fsp3) is 0.350. The minimum Gasteiger partial charge on any atom is -0.486 e. The molecular weight excluding hydrogens is 302 g/mol. The highest BCUT2D eigenvalue weighted by Gasteiger charge is 2.14. The number of nitrogens with one attached hydrogen (secondary N) is 1. The van der Waals surface area contributed by atoms with Gasteiger partial charge in [-0.05, 0) is 54.5 Å². The molecule has 0 spiro atoms. The van der Waals surface area contributed by atoms with Crippen molar-refractivity contribution in [3.8, 4) is 11.5 Å². The molecule has 2 aromatic carbocycles. The van der Waals surface area contributed by atoms with Gasteiger partial charge in [0.25, 0.3) is 0 Å². The molecule has 1 aliphatic carbocycles. The highest BCUT2D eigenvalue weighted by atomic mass is 16.6. The molecular formula is C20H21NO3. The Morgan fingerprint density at radius 3 is 2.71 bits per heavy atom. The second kappa shape index (κ2) is 6.56. The summed E-state index contributed by atoms with van der Waals surface area (Å²) >= 11 is 0. The van der Waals surface area contributed by atoms with E-state index < -0.39 is 0 Å². The van der Waals surface area contributed by atoms with Crippen molar-refractivity contribution >= 4 is 11.6 Å². The third-order valence-electron chi connectivity index (χ3n) is 4.63. The largest absolute Gasteiger partial charge is 0.486 e. The van der Waals surface area contributed by atoms with Crippen LogP contribution in [0.3, 0.4) is 0 Å². The molecule has 0 aromatic heterocycles. The predicted octanol–water partition coefficient (Wildman–Crippen LogP) is 3.52. The first-order valence-corrected chi connectivity index (χ1v) is 8.58. The topological polar surface area (TPSA) is 47.6 Å². The van der Waals surface area contributed by atoms with E-state index in [0.717, 1.165) is 17.9 Å². The van der Waals surface area contributed by atoms with Gasteiger partial charge in [-0.15, -0.1) is 0 Å². The zero-order valence-corrected chi connectivity index (χ0v) is 13.6. The van der Waals surface area contributed by atoms with Crippen LogP contribution in [0.4, 0.5) is 5.69 Å². The Hall–Kier alpha value is -2.49. The van der Waals surface area contributed by atoms with Gasteiger partial charge in [-0.3, -0.25) is 4.79 Å². The number of aryl methyl sites for hydroxylation is 3. The van der Waals surface area contributed by atoms with E-state index in [0.29, 0.717) is 25.4 Å². The summed E-state index contributed by atoms with van der Waals surface area (Å²) in [4.78, 5) is 12.2. The Labute approximate surface area is 141 Å². The lowest BCUT2D eigenvalue weighted by molar-refractivity contribution is -0.116. The summed E-state index contributed by atoms with van der Waals surface area (Å²) in [5.41, 5.74) is 4.92. The molecule has 1 heterocycles. The maximum atomic E-state index is 12.2. The molecule has 1 N–H and O–H groups in total. The van der Waals surface area contributed by atoms with Crippen LogP contribution in [0.2, 0.25) is 0 Å². The van der Waals surface area contributed by atoms with Gasteiger partial charge in [0.1, 0.15) is 13.2 Å². The van der Waals surface area contributed by atoms with E-state index in [2.05, 4.69) is 23.5 Å². The number of carbonyl (C=O) groups excluding carboxylic acids is 1. The second-order valence-corrected chi connectivity index (χ2v) is 6.36. The van der Waals surface area contributed by atoms with Crippen LogP contribution in [0.25, 0.3) is 0 Å². The van der Waals surface area contributed by atoms with Gasteiger partial charge >= 0.3 is 0 Å². The van der Waals surface area contributed by atoms with Crippen molar-refractivity contribution in [3.05, 3.63) is 53.1 Å². The number of carbonyl (C=O) groups is 1. The molecule has 1 aliphatic heterocycles. The van der Waals surface area contributed by atoms with Crippen LogP contribution < -0.4 is 14.8 Å². The van der Waals surface area contributed by atoms with E-state index in [-0.39, 0.29) is 5.91 Å². The zero-order chi connectivity index (χ0) is 16.4. The minimum atomic E-state index is 0.0205. The monoisotopic (exact) mass is 323 g/mol. The first kappa shape index (κ1) is 15.1. The molecule has 0 fully saturated rings. The first-order valence-electron chi connectivity index (χ1n) is 8.58. The number of benzene rings is 2. The lowest BCUT2D eigenvalue weighted by atomic mass is 10.0. The number of hydrogen-bond acceptors (Lipinski definition) is 3. The molecule has 24 heavy (non-hydrogen) atoms. The average Bonchev–Trinajstić information content (AvgIpc) is 3.07. The van der Waals surface area contributed by atoms with Gasteiger partial charge in [-0.25, -0.2) is 0 Å². The minimum absolute atomic E-state index is 0.0205. The molecule has 0 saturated heterocycles. The smallest absolute Gasteiger partial charge is 0.224 e. The van der Waals surface area contributed by atoms with Crippen LogP contribution in [-0.2, 0) is 24.1 Å². The normalized spacial score (nSPS) is 15.0. The predicted molar refractivity (Wildman–Crippen MR) is 92.8 cm³/mol. The molecule has 124 valence electrons. The van der Waals surface area contributed by atoms with Crippen molar-refractivity contribution < 1.29 is 14.3 Å². The summed E-state index contributed by atoms with van der Waals surface area (Å²) < 4.78 is 11.0. The van der Waals surface area contributed by atoms with E-state index in [1.54, 1.807) is 0 Å². The Kier molecular flexibility index (Phi) is 4.11. The molecule has 0 saturated carbocycles. The summed E-state index contributed by atoms with van der Waals surface area (Å²) in [6.07, 6.45) is 4.87. The fourth-order valence-electron chi connectivity index (χ4n) is 3.38. The highest BCUT2D eigenvalue weighted by molar-refractivity contribution is 5.91. The number of amides is 1. The average molecular weight is 323 g/mol. The van der Waals surface area contributed by atoms with E-state index >= 15 is 0 Å². The lowest BCUT2D eigenvalue weighted by Gasteiger charge is -2.19. The van der Waals surface area contributed by atoms with Gasteiger partial charge in [0.2, 0.25) is 5.91 Å². The van der Waals surface area contributed by atoms with Crippen molar-refractivity contribution in [3.63, 3.8) is 0 Å². The standard InChI is InChI=1S/C20H21NO3/c22-20(9-5-14-4-6-15-2-1-3-16(15)12-14)21-17-7-8-18-19(13-17)24-11-10-23-18/h4,6-8,12-13H,1-3,5,9-11H2,(H,21,22). The van der Waals surface area contributed by atoms with E-state index in [4.69, 9.17) is 9.47 Å². The molecule has 0 atom stereocenters. The van der Waals surface area contributed by atoms with Gasteiger partial charge in [0.05, 0.1) is 0 Å². The maximum Gasteiger partial charge on any atom is 0.224 e. The van der Waals surface area contributed by atoms with Gasteiger partial charge in [0, 0.05) is 18.2 Å². The maximum absolute atomic E-state index is 12.2. The summed E-state index contributed by atoms with van der Waals surface area (Å²) in [5.74, 6) is 1.45. The van der Waals surface area contributed by atoms with Crippen molar-refractivity contribution in [1.29, 1.82) is 0 Å². The fourth-order valence-corrected chi connectivity index (χ4v) is 3.38. The number of hydrogen-bond donors (Lipinski definition) is 1. The quantitative estimate of drug-likeness (QED) is 0.936. The number of anilines is 1. The number of ether oxygens (including phenoxy) is 2. The van der Waals surface area contributed by atoms with E-state index in [9.17, 15) is 4.79 Å². The van der Waals surface area contributed by atoms with Gasteiger partial charge in [-0.1, -0.05) is 18.2 Å². The Morgan fingerprint density at radius 1 is 0.958 bits per heavy atom. The zero-order valence-electron chi connectivity index (χ0n) is 13.6.